The second-order valence-corrected chi connectivity index (χ2v) is 8.73. The normalized spacial score (nSPS) is 11.8. The Morgan fingerprint density at radius 3 is 2.54 bits per heavy atom. The van der Waals surface area contributed by atoms with E-state index in [0.717, 1.165) is 22.6 Å². The first-order valence-electron chi connectivity index (χ1n) is 11.2. The Balaban J connectivity index is 1.38. The van der Waals surface area contributed by atoms with Crippen LogP contribution in [-0.2, 0) is 11.2 Å². The average Bonchev–Trinajstić information content (AvgIpc) is 3.23. The third-order valence-electron chi connectivity index (χ3n) is 5.70. The van der Waals surface area contributed by atoms with Crippen molar-refractivity contribution in [2.24, 2.45) is 0 Å². The molecule has 0 spiro atoms. The summed E-state index contributed by atoms with van der Waals surface area (Å²) in [7, 11) is 0. The number of Topliss-reactive ketones (excluding diaryl/α,β-unsaturated/α-hetero) is 1. The van der Waals surface area contributed by atoms with Gasteiger partial charge in [-0.2, -0.15) is 5.10 Å². The van der Waals surface area contributed by atoms with Crippen molar-refractivity contribution in [2.75, 3.05) is 5.32 Å². The average molecular weight is 491 g/mol. The highest BCUT2D eigenvalue weighted by Gasteiger charge is 2.18. The molecule has 1 unspecified atom stereocenters. The maximum Gasteiger partial charge on any atom is 0.256 e. The molecular weight excluding hydrogens is 467 g/mol. The maximum atomic E-state index is 13.0. The van der Waals surface area contributed by atoms with Crippen LogP contribution in [0.1, 0.15) is 46.6 Å². The summed E-state index contributed by atoms with van der Waals surface area (Å²) in [5.74, 6) is -0.726. The molecule has 1 atom stereocenters. The van der Waals surface area contributed by atoms with Crippen molar-refractivity contribution < 1.29 is 14.0 Å². The highest BCUT2D eigenvalue weighted by Crippen LogP contribution is 2.22. The number of aryl methyl sites for hydroxylation is 2. The molecule has 4 rings (SSSR count). The number of anilines is 1. The number of carbonyl (C=O) groups is 2. The molecule has 2 aromatic carbocycles. The molecule has 0 fully saturated rings. The Morgan fingerprint density at radius 2 is 1.86 bits per heavy atom. The summed E-state index contributed by atoms with van der Waals surface area (Å²) in [6.07, 6.45) is 2.47. The molecule has 0 aliphatic rings. The number of rotatable bonds is 8. The molecule has 2 aromatic heterocycles. The van der Waals surface area contributed by atoms with Gasteiger partial charge in [-0.25, -0.2) is 14.1 Å². The number of nitrogens with one attached hydrogen (secondary N) is 1. The van der Waals surface area contributed by atoms with Crippen molar-refractivity contribution in [3.63, 3.8) is 0 Å². The highest BCUT2D eigenvalue weighted by atomic mass is 35.5. The van der Waals surface area contributed by atoms with Gasteiger partial charge in [0.25, 0.3) is 5.91 Å². The van der Waals surface area contributed by atoms with E-state index in [1.54, 1.807) is 24.4 Å². The summed E-state index contributed by atoms with van der Waals surface area (Å²) >= 11 is 6.13. The standard InChI is InChI=1S/C27H24ClFN4O2/c1-17-14-24(33(32-17)23-5-3-4-21(28)15-23)11-12-25(34)18(2)20-8-13-26(30-16-20)31-27(35)19-6-9-22(29)10-7-19/h3-10,13-16,18H,11-12H2,1-2H3,(H,30,31,35). The number of pyridine rings is 1. The van der Waals surface area contributed by atoms with Crippen molar-refractivity contribution in [2.45, 2.75) is 32.6 Å². The maximum absolute atomic E-state index is 13.0. The Kier molecular flexibility index (Phi) is 7.36. The number of hydrogen-bond acceptors (Lipinski definition) is 4. The van der Waals surface area contributed by atoms with Crippen molar-refractivity contribution in [3.05, 3.63) is 106 Å². The lowest BCUT2D eigenvalue weighted by molar-refractivity contribution is -0.120. The molecule has 2 heterocycles. The lowest BCUT2D eigenvalue weighted by Gasteiger charge is -2.12. The van der Waals surface area contributed by atoms with Gasteiger partial charge in [-0.1, -0.05) is 30.7 Å². The van der Waals surface area contributed by atoms with Gasteiger partial charge in [0.15, 0.2) is 0 Å². The number of aromatic nitrogens is 3. The smallest absolute Gasteiger partial charge is 0.256 e. The summed E-state index contributed by atoms with van der Waals surface area (Å²) in [6, 6.07) is 18.1. The summed E-state index contributed by atoms with van der Waals surface area (Å²) in [6.45, 7) is 3.76. The minimum absolute atomic E-state index is 0.0754. The van der Waals surface area contributed by atoms with Gasteiger partial charge in [-0.15, -0.1) is 0 Å². The van der Waals surface area contributed by atoms with Crippen molar-refractivity contribution in [1.82, 2.24) is 14.8 Å². The molecule has 1 N–H and O–H groups in total. The second kappa shape index (κ2) is 10.6. The summed E-state index contributed by atoms with van der Waals surface area (Å²) in [5.41, 5.74) is 3.73. The van der Waals surface area contributed by atoms with E-state index in [1.807, 2.05) is 42.8 Å². The van der Waals surface area contributed by atoms with Gasteiger partial charge in [0, 0.05) is 34.8 Å². The van der Waals surface area contributed by atoms with Crippen LogP contribution in [0.4, 0.5) is 10.2 Å². The summed E-state index contributed by atoms with van der Waals surface area (Å²) < 4.78 is 14.9. The van der Waals surface area contributed by atoms with E-state index in [-0.39, 0.29) is 17.6 Å². The van der Waals surface area contributed by atoms with Crippen LogP contribution in [0.2, 0.25) is 5.02 Å². The molecule has 0 saturated heterocycles. The molecule has 0 radical (unpaired) electrons. The van der Waals surface area contributed by atoms with E-state index in [4.69, 9.17) is 11.6 Å². The number of ketones is 1. The molecule has 8 heteroatoms. The molecule has 35 heavy (non-hydrogen) atoms. The Hall–Kier alpha value is -3.84. The topological polar surface area (TPSA) is 76.9 Å². The van der Waals surface area contributed by atoms with Crippen molar-refractivity contribution in [3.8, 4) is 5.69 Å². The molecular formula is C27H24ClFN4O2. The van der Waals surface area contributed by atoms with Gasteiger partial charge in [-0.3, -0.25) is 9.59 Å². The molecule has 0 bridgehead atoms. The van der Waals surface area contributed by atoms with E-state index in [2.05, 4.69) is 15.4 Å². The number of carbonyl (C=O) groups excluding carboxylic acids is 2. The second-order valence-electron chi connectivity index (χ2n) is 8.29. The van der Waals surface area contributed by atoms with E-state index in [1.165, 1.54) is 24.3 Å². The van der Waals surface area contributed by atoms with Gasteiger partial charge < -0.3 is 5.32 Å². The van der Waals surface area contributed by atoms with Crippen molar-refractivity contribution in [1.29, 1.82) is 0 Å². The zero-order valence-electron chi connectivity index (χ0n) is 19.3. The van der Waals surface area contributed by atoms with Gasteiger partial charge in [0.2, 0.25) is 0 Å². The van der Waals surface area contributed by atoms with Crippen LogP contribution in [0.3, 0.4) is 0 Å². The van der Waals surface area contributed by atoms with Gasteiger partial charge >= 0.3 is 0 Å². The Bertz CT molecular complexity index is 1350. The lowest BCUT2D eigenvalue weighted by Crippen LogP contribution is -2.14. The number of hydrogen-bond donors (Lipinski definition) is 1. The van der Waals surface area contributed by atoms with Crippen LogP contribution in [0.15, 0.2) is 72.9 Å². The summed E-state index contributed by atoms with van der Waals surface area (Å²) in [5, 5.41) is 7.84. The zero-order valence-corrected chi connectivity index (χ0v) is 20.1. The predicted octanol–water partition coefficient (Wildman–Crippen LogP) is 5.93. The van der Waals surface area contributed by atoms with Gasteiger partial charge in [-0.05, 0) is 73.5 Å². The third kappa shape index (κ3) is 6.00. The first-order valence-corrected chi connectivity index (χ1v) is 11.5. The predicted molar refractivity (Wildman–Crippen MR) is 134 cm³/mol. The highest BCUT2D eigenvalue weighted by molar-refractivity contribution is 6.30. The van der Waals surface area contributed by atoms with Crippen molar-refractivity contribution >= 4 is 29.1 Å². The fraction of sp³-hybridized carbons (Fsp3) is 0.185. The third-order valence-corrected chi connectivity index (χ3v) is 5.94. The number of benzene rings is 2. The molecule has 0 saturated carbocycles. The number of halogens is 2. The van der Waals surface area contributed by atoms with Crippen LogP contribution in [0.25, 0.3) is 5.69 Å². The van der Waals surface area contributed by atoms with Gasteiger partial charge in [0.1, 0.15) is 17.4 Å². The van der Waals surface area contributed by atoms with E-state index in [0.29, 0.717) is 29.2 Å². The molecule has 6 nitrogen and oxygen atoms in total. The van der Waals surface area contributed by atoms with Crippen LogP contribution in [0.5, 0.6) is 0 Å². The molecule has 0 aliphatic heterocycles. The van der Waals surface area contributed by atoms with Crippen LogP contribution >= 0.6 is 11.6 Å². The minimum atomic E-state index is -0.410. The van der Waals surface area contributed by atoms with Crippen LogP contribution in [0, 0.1) is 12.7 Å². The SMILES string of the molecule is Cc1cc(CCC(=O)C(C)c2ccc(NC(=O)c3ccc(F)cc3)nc2)n(-c2cccc(Cl)c2)n1. The number of amides is 1. The molecule has 1 amide bonds. The van der Waals surface area contributed by atoms with Crippen LogP contribution in [-0.4, -0.2) is 26.5 Å². The monoisotopic (exact) mass is 490 g/mol. The quantitative estimate of drug-likeness (QED) is 0.332. The first kappa shape index (κ1) is 24.3. The fourth-order valence-electron chi connectivity index (χ4n) is 3.74. The summed E-state index contributed by atoms with van der Waals surface area (Å²) in [4.78, 5) is 29.5. The van der Waals surface area contributed by atoms with E-state index >= 15 is 0 Å². The Morgan fingerprint density at radius 1 is 1.09 bits per heavy atom. The molecule has 178 valence electrons. The van der Waals surface area contributed by atoms with E-state index < -0.39 is 5.82 Å². The number of nitrogens with zero attached hydrogens (tertiary/aromatic N) is 3. The largest absolute Gasteiger partial charge is 0.307 e. The minimum Gasteiger partial charge on any atom is -0.307 e. The zero-order chi connectivity index (χ0) is 24.9. The lowest BCUT2D eigenvalue weighted by atomic mass is 9.95. The Labute approximate surface area is 207 Å². The van der Waals surface area contributed by atoms with Crippen LogP contribution < -0.4 is 5.32 Å². The van der Waals surface area contributed by atoms with E-state index in [9.17, 15) is 14.0 Å². The molecule has 4 aromatic rings. The first-order chi connectivity index (χ1) is 16.8. The van der Waals surface area contributed by atoms with Gasteiger partial charge in [0.05, 0.1) is 11.4 Å². The fourth-order valence-corrected chi connectivity index (χ4v) is 3.93. The molecule has 0 aliphatic carbocycles.